The molecule has 17 heavy (non-hydrogen) atoms. The van der Waals surface area contributed by atoms with Crippen molar-refractivity contribution in [2.75, 3.05) is 5.32 Å². The Kier molecular flexibility index (Phi) is 3.25. The van der Waals surface area contributed by atoms with Crippen molar-refractivity contribution in [3.63, 3.8) is 0 Å². The van der Waals surface area contributed by atoms with Crippen molar-refractivity contribution < 1.29 is 9.90 Å². The predicted molar refractivity (Wildman–Crippen MR) is 65.9 cm³/mol. The Bertz CT molecular complexity index is 558. The fourth-order valence-corrected chi connectivity index (χ4v) is 1.53. The van der Waals surface area contributed by atoms with Gasteiger partial charge in [-0.15, -0.1) is 0 Å². The molecule has 1 heterocycles. The molecule has 5 heteroatoms. The van der Waals surface area contributed by atoms with E-state index in [2.05, 4.69) is 10.3 Å². The van der Waals surface area contributed by atoms with Crippen LogP contribution in [0.15, 0.2) is 42.7 Å². The summed E-state index contributed by atoms with van der Waals surface area (Å²) in [6.07, 6.45) is 2.83. The number of carboxylic acids is 1. The molecular weight excluding hydrogens is 240 g/mol. The molecule has 2 N–H and O–H groups in total. The van der Waals surface area contributed by atoms with E-state index in [1.807, 2.05) is 12.1 Å². The Morgan fingerprint density at radius 2 is 2.06 bits per heavy atom. The van der Waals surface area contributed by atoms with Crippen LogP contribution in [0.25, 0.3) is 0 Å². The first-order chi connectivity index (χ1) is 8.16. The number of nitrogens with one attached hydrogen (secondary N) is 1. The van der Waals surface area contributed by atoms with Crippen molar-refractivity contribution in [3.8, 4) is 0 Å². The van der Waals surface area contributed by atoms with Crippen LogP contribution in [-0.2, 0) is 0 Å². The van der Waals surface area contributed by atoms with Crippen molar-refractivity contribution in [3.05, 3.63) is 53.3 Å². The van der Waals surface area contributed by atoms with Crippen LogP contribution in [0, 0.1) is 0 Å². The molecule has 0 unspecified atom stereocenters. The highest BCUT2D eigenvalue weighted by Gasteiger charge is 2.05. The number of carboxylic acid groups (broad SMARTS) is 1. The fourth-order valence-electron chi connectivity index (χ4n) is 1.34. The maximum Gasteiger partial charge on any atom is 0.337 e. The van der Waals surface area contributed by atoms with Crippen molar-refractivity contribution in [1.29, 1.82) is 0 Å². The molecule has 2 rings (SSSR count). The average molecular weight is 249 g/mol. The van der Waals surface area contributed by atoms with Gasteiger partial charge in [-0.3, -0.25) is 4.98 Å². The topological polar surface area (TPSA) is 62.2 Å². The molecule has 0 atom stereocenters. The maximum absolute atomic E-state index is 10.8. The maximum atomic E-state index is 10.8. The van der Waals surface area contributed by atoms with Crippen LogP contribution in [0.5, 0.6) is 0 Å². The average Bonchev–Trinajstić information content (AvgIpc) is 2.32. The zero-order chi connectivity index (χ0) is 12.3. The first-order valence-electron chi connectivity index (χ1n) is 4.87. The first kappa shape index (κ1) is 11.4. The van der Waals surface area contributed by atoms with Crippen LogP contribution >= 0.6 is 11.6 Å². The highest BCUT2D eigenvalue weighted by atomic mass is 35.5. The number of anilines is 2. The van der Waals surface area contributed by atoms with Gasteiger partial charge in [0.1, 0.15) is 0 Å². The van der Waals surface area contributed by atoms with Gasteiger partial charge in [-0.05, 0) is 18.2 Å². The van der Waals surface area contributed by atoms with Crippen molar-refractivity contribution >= 4 is 28.9 Å². The zero-order valence-corrected chi connectivity index (χ0v) is 9.48. The molecule has 1 aromatic carbocycles. The van der Waals surface area contributed by atoms with Gasteiger partial charge < -0.3 is 10.4 Å². The zero-order valence-electron chi connectivity index (χ0n) is 8.72. The van der Waals surface area contributed by atoms with Gasteiger partial charge in [0, 0.05) is 6.20 Å². The van der Waals surface area contributed by atoms with Crippen LogP contribution in [-0.4, -0.2) is 16.1 Å². The van der Waals surface area contributed by atoms with Crippen LogP contribution < -0.4 is 5.32 Å². The summed E-state index contributed by atoms with van der Waals surface area (Å²) in [6.45, 7) is 0. The molecule has 1 aromatic heterocycles. The summed E-state index contributed by atoms with van der Waals surface area (Å²) in [5, 5.41) is 12.4. The van der Waals surface area contributed by atoms with Gasteiger partial charge in [0.05, 0.1) is 28.2 Å². The number of hydrogen-bond donors (Lipinski definition) is 2. The predicted octanol–water partition coefficient (Wildman–Crippen LogP) is 3.18. The number of pyridine rings is 1. The third-order valence-electron chi connectivity index (χ3n) is 2.14. The summed E-state index contributed by atoms with van der Waals surface area (Å²) in [7, 11) is 0. The van der Waals surface area contributed by atoms with Crippen LogP contribution in [0.3, 0.4) is 0 Å². The van der Waals surface area contributed by atoms with E-state index in [9.17, 15) is 4.79 Å². The molecule has 0 radical (unpaired) electrons. The van der Waals surface area contributed by atoms with Gasteiger partial charge in [-0.25, -0.2) is 4.79 Å². The van der Waals surface area contributed by atoms with E-state index in [1.54, 1.807) is 12.1 Å². The Labute approximate surface area is 103 Å². The van der Waals surface area contributed by atoms with Gasteiger partial charge in [0.25, 0.3) is 0 Å². The van der Waals surface area contributed by atoms with Gasteiger partial charge in [0.2, 0.25) is 0 Å². The molecule has 4 nitrogen and oxygen atoms in total. The standard InChI is InChI=1S/C12H9ClN2O2/c13-10-3-1-2-4-11(10)15-9-5-8(12(16)17)6-14-7-9/h1-7,15H,(H,16,17). The smallest absolute Gasteiger partial charge is 0.337 e. The number of rotatable bonds is 3. The molecular formula is C12H9ClN2O2. The first-order valence-corrected chi connectivity index (χ1v) is 5.24. The molecule has 2 aromatic rings. The summed E-state index contributed by atoms with van der Waals surface area (Å²) in [5.41, 5.74) is 1.42. The van der Waals surface area contributed by atoms with E-state index >= 15 is 0 Å². The summed E-state index contributed by atoms with van der Waals surface area (Å²) in [4.78, 5) is 14.6. The molecule has 0 bridgehead atoms. The molecule has 0 amide bonds. The summed E-state index contributed by atoms with van der Waals surface area (Å²) in [5.74, 6) is -1.01. The highest BCUT2D eigenvalue weighted by Crippen LogP contribution is 2.24. The van der Waals surface area contributed by atoms with Crippen molar-refractivity contribution in [2.24, 2.45) is 0 Å². The third-order valence-corrected chi connectivity index (χ3v) is 2.47. The molecule has 0 saturated carbocycles. The van der Waals surface area contributed by atoms with E-state index in [4.69, 9.17) is 16.7 Å². The Morgan fingerprint density at radius 3 is 2.76 bits per heavy atom. The quantitative estimate of drug-likeness (QED) is 0.876. The number of halogens is 1. The lowest BCUT2D eigenvalue weighted by Gasteiger charge is -2.07. The fraction of sp³-hybridized carbons (Fsp3) is 0. The Balaban J connectivity index is 2.28. The van der Waals surface area contributed by atoms with E-state index in [1.165, 1.54) is 18.5 Å². The van der Waals surface area contributed by atoms with Gasteiger partial charge in [-0.2, -0.15) is 0 Å². The number of carbonyl (C=O) groups is 1. The van der Waals surface area contributed by atoms with E-state index in [-0.39, 0.29) is 5.56 Å². The second-order valence-corrected chi connectivity index (χ2v) is 3.78. The third kappa shape index (κ3) is 2.73. The number of aromatic nitrogens is 1. The summed E-state index contributed by atoms with van der Waals surface area (Å²) >= 11 is 5.98. The summed E-state index contributed by atoms with van der Waals surface area (Å²) < 4.78 is 0. The highest BCUT2D eigenvalue weighted by molar-refractivity contribution is 6.33. The number of hydrogen-bond acceptors (Lipinski definition) is 3. The van der Waals surface area contributed by atoms with Crippen molar-refractivity contribution in [2.45, 2.75) is 0 Å². The molecule has 0 aliphatic heterocycles. The lowest BCUT2D eigenvalue weighted by atomic mass is 10.2. The Hall–Kier alpha value is -2.07. The molecule has 0 fully saturated rings. The Morgan fingerprint density at radius 1 is 1.29 bits per heavy atom. The molecule has 0 aliphatic rings. The van der Waals surface area contributed by atoms with Gasteiger partial charge in [-0.1, -0.05) is 23.7 Å². The number of aromatic carboxylic acids is 1. The van der Waals surface area contributed by atoms with Crippen LogP contribution in [0.1, 0.15) is 10.4 Å². The normalized spacial score (nSPS) is 9.94. The lowest BCUT2D eigenvalue weighted by molar-refractivity contribution is 0.0696. The number of para-hydroxylation sites is 1. The second kappa shape index (κ2) is 4.84. The minimum absolute atomic E-state index is 0.127. The molecule has 86 valence electrons. The minimum Gasteiger partial charge on any atom is -0.478 e. The molecule has 0 spiro atoms. The number of nitrogens with zero attached hydrogens (tertiary/aromatic N) is 1. The monoisotopic (exact) mass is 248 g/mol. The second-order valence-electron chi connectivity index (χ2n) is 3.37. The van der Waals surface area contributed by atoms with Crippen LogP contribution in [0.2, 0.25) is 5.02 Å². The van der Waals surface area contributed by atoms with Gasteiger partial charge >= 0.3 is 5.97 Å². The molecule has 0 saturated heterocycles. The lowest BCUT2D eigenvalue weighted by Crippen LogP contribution is -1.99. The van der Waals surface area contributed by atoms with Crippen LogP contribution in [0.4, 0.5) is 11.4 Å². The minimum atomic E-state index is -1.01. The van der Waals surface area contributed by atoms with E-state index < -0.39 is 5.97 Å². The molecule has 0 aliphatic carbocycles. The van der Waals surface area contributed by atoms with E-state index in [0.717, 1.165) is 0 Å². The summed E-state index contributed by atoms with van der Waals surface area (Å²) in [6, 6.07) is 8.70. The largest absolute Gasteiger partial charge is 0.478 e. The number of benzene rings is 1. The van der Waals surface area contributed by atoms with E-state index in [0.29, 0.717) is 16.4 Å². The van der Waals surface area contributed by atoms with Gasteiger partial charge in [0.15, 0.2) is 0 Å². The van der Waals surface area contributed by atoms with Crippen molar-refractivity contribution in [1.82, 2.24) is 4.98 Å². The SMILES string of the molecule is O=C(O)c1cncc(Nc2ccccc2Cl)c1.